The standard InChI is InChI=1S/C12H9N3O3S/c1-17-7-2-3-8(9(16)4-7)12-14-11(15-18-12)10-5-13-6-19-10/h2-6,16H,1H3. The summed E-state index contributed by atoms with van der Waals surface area (Å²) in [6, 6.07) is 4.87. The van der Waals surface area contributed by atoms with Gasteiger partial charge in [0.2, 0.25) is 5.82 Å². The molecule has 0 saturated carbocycles. The van der Waals surface area contributed by atoms with Crippen molar-refractivity contribution in [1.82, 2.24) is 15.1 Å². The third kappa shape index (κ3) is 2.15. The van der Waals surface area contributed by atoms with E-state index < -0.39 is 0 Å². The Morgan fingerprint density at radius 2 is 2.26 bits per heavy atom. The minimum absolute atomic E-state index is 0.0267. The minimum atomic E-state index is 0.0267. The fourth-order valence-electron chi connectivity index (χ4n) is 1.58. The Labute approximate surface area is 112 Å². The van der Waals surface area contributed by atoms with Gasteiger partial charge < -0.3 is 14.4 Å². The molecule has 3 aromatic rings. The number of hydrogen-bond acceptors (Lipinski definition) is 7. The van der Waals surface area contributed by atoms with Crippen molar-refractivity contribution in [1.29, 1.82) is 0 Å². The molecule has 0 radical (unpaired) electrons. The Morgan fingerprint density at radius 3 is 2.95 bits per heavy atom. The number of aromatic hydroxyl groups is 1. The first-order chi connectivity index (χ1) is 9.28. The van der Waals surface area contributed by atoms with Crippen LogP contribution in [-0.2, 0) is 0 Å². The number of rotatable bonds is 3. The van der Waals surface area contributed by atoms with Crippen LogP contribution in [0.25, 0.3) is 22.2 Å². The van der Waals surface area contributed by atoms with Gasteiger partial charge in [-0.3, -0.25) is 4.98 Å². The van der Waals surface area contributed by atoms with Crippen LogP contribution in [0.15, 0.2) is 34.4 Å². The lowest BCUT2D eigenvalue weighted by atomic mass is 10.2. The van der Waals surface area contributed by atoms with Gasteiger partial charge in [0.1, 0.15) is 11.5 Å². The average molecular weight is 275 g/mol. The lowest BCUT2D eigenvalue weighted by molar-refractivity contribution is 0.405. The van der Waals surface area contributed by atoms with Crippen LogP contribution in [0.3, 0.4) is 0 Å². The van der Waals surface area contributed by atoms with E-state index in [4.69, 9.17) is 9.26 Å². The van der Waals surface area contributed by atoms with Crippen molar-refractivity contribution in [3.05, 3.63) is 29.9 Å². The summed E-state index contributed by atoms with van der Waals surface area (Å²) in [7, 11) is 1.53. The van der Waals surface area contributed by atoms with Crippen molar-refractivity contribution < 1.29 is 14.4 Å². The van der Waals surface area contributed by atoms with E-state index in [1.807, 2.05) is 0 Å². The van der Waals surface area contributed by atoms with Gasteiger partial charge in [-0.05, 0) is 12.1 Å². The highest BCUT2D eigenvalue weighted by molar-refractivity contribution is 7.13. The Bertz CT molecular complexity index is 694. The summed E-state index contributed by atoms with van der Waals surface area (Å²) in [5, 5.41) is 13.8. The Kier molecular flexibility index (Phi) is 2.88. The summed E-state index contributed by atoms with van der Waals surface area (Å²) in [6.45, 7) is 0. The molecule has 1 N–H and O–H groups in total. The molecule has 0 amide bonds. The molecule has 6 nitrogen and oxygen atoms in total. The van der Waals surface area contributed by atoms with Crippen LogP contribution >= 0.6 is 11.3 Å². The van der Waals surface area contributed by atoms with E-state index in [2.05, 4.69) is 15.1 Å². The zero-order chi connectivity index (χ0) is 13.2. The molecule has 0 atom stereocenters. The van der Waals surface area contributed by atoms with Crippen LogP contribution in [0.1, 0.15) is 0 Å². The molecule has 7 heteroatoms. The zero-order valence-electron chi connectivity index (χ0n) is 9.90. The van der Waals surface area contributed by atoms with Crippen molar-refractivity contribution in [2.75, 3.05) is 7.11 Å². The van der Waals surface area contributed by atoms with Crippen LogP contribution < -0.4 is 4.74 Å². The molecule has 2 heterocycles. The van der Waals surface area contributed by atoms with Crippen molar-refractivity contribution in [2.24, 2.45) is 0 Å². The van der Waals surface area contributed by atoms with Crippen molar-refractivity contribution >= 4 is 11.3 Å². The number of aromatic nitrogens is 3. The van der Waals surface area contributed by atoms with E-state index in [1.54, 1.807) is 23.8 Å². The van der Waals surface area contributed by atoms with Gasteiger partial charge in [0.15, 0.2) is 0 Å². The summed E-state index contributed by atoms with van der Waals surface area (Å²) in [6.07, 6.45) is 1.66. The fraction of sp³-hybridized carbons (Fsp3) is 0.0833. The Balaban J connectivity index is 1.99. The Hall–Kier alpha value is -2.41. The van der Waals surface area contributed by atoms with Crippen molar-refractivity contribution in [2.45, 2.75) is 0 Å². The van der Waals surface area contributed by atoms with E-state index >= 15 is 0 Å². The number of nitrogens with zero attached hydrogens (tertiary/aromatic N) is 3. The maximum absolute atomic E-state index is 9.90. The summed E-state index contributed by atoms with van der Waals surface area (Å²) < 4.78 is 10.2. The van der Waals surface area contributed by atoms with Crippen molar-refractivity contribution in [3.63, 3.8) is 0 Å². The first-order valence-electron chi connectivity index (χ1n) is 5.38. The molecule has 0 spiro atoms. The lowest BCUT2D eigenvalue weighted by Gasteiger charge is -2.02. The van der Waals surface area contributed by atoms with Gasteiger partial charge in [0.25, 0.3) is 5.89 Å². The molecule has 2 aromatic heterocycles. The first kappa shape index (κ1) is 11.7. The van der Waals surface area contributed by atoms with Crippen molar-refractivity contribution in [3.8, 4) is 33.7 Å². The number of ether oxygens (including phenoxy) is 1. The second kappa shape index (κ2) is 4.69. The number of benzene rings is 1. The second-order valence-electron chi connectivity index (χ2n) is 3.67. The minimum Gasteiger partial charge on any atom is -0.507 e. The topological polar surface area (TPSA) is 81.3 Å². The average Bonchev–Trinajstić information content (AvgIpc) is 3.09. The van der Waals surface area contributed by atoms with Gasteiger partial charge in [-0.1, -0.05) is 5.16 Å². The molecular formula is C12H9N3O3S. The largest absolute Gasteiger partial charge is 0.507 e. The van der Waals surface area contributed by atoms with E-state index in [9.17, 15) is 5.11 Å². The summed E-state index contributed by atoms with van der Waals surface area (Å²) in [5.41, 5.74) is 2.15. The highest BCUT2D eigenvalue weighted by Gasteiger charge is 2.15. The number of phenolic OH excluding ortho intramolecular Hbond substituents is 1. The third-order valence-corrected chi connectivity index (χ3v) is 3.28. The van der Waals surface area contributed by atoms with Gasteiger partial charge in [0.05, 0.1) is 23.1 Å². The lowest BCUT2D eigenvalue weighted by Crippen LogP contribution is -1.84. The third-order valence-electron chi connectivity index (χ3n) is 2.51. The molecule has 1 aromatic carbocycles. The second-order valence-corrected chi connectivity index (χ2v) is 4.56. The van der Waals surface area contributed by atoms with E-state index in [0.29, 0.717) is 17.1 Å². The van der Waals surface area contributed by atoms with E-state index in [0.717, 1.165) is 4.88 Å². The number of hydrogen-bond donors (Lipinski definition) is 1. The van der Waals surface area contributed by atoms with Crippen LogP contribution in [-0.4, -0.2) is 27.3 Å². The predicted octanol–water partition coefficient (Wildman–Crippen LogP) is 2.57. The highest BCUT2D eigenvalue weighted by Crippen LogP contribution is 2.32. The smallest absolute Gasteiger partial charge is 0.262 e. The molecule has 0 aliphatic carbocycles. The fourth-order valence-corrected chi connectivity index (χ4v) is 2.12. The van der Waals surface area contributed by atoms with Crippen LogP contribution in [0.4, 0.5) is 0 Å². The van der Waals surface area contributed by atoms with Gasteiger partial charge in [0, 0.05) is 12.3 Å². The number of thiazole rings is 1. The molecule has 3 rings (SSSR count). The Morgan fingerprint density at radius 1 is 1.37 bits per heavy atom. The maximum atomic E-state index is 9.90. The molecule has 0 unspecified atom stereocenters. The van der Waals surface area contributed by atoms with Gasteiger partial charge in [-0.15, -0.1) is 11.3 Å². The molecule has 19 heavy (non-hydrogen) atoms. The number of methoxy groups -OCH3 is 1. The predicted molar refractivity (Wildman–Crippen MR) is 69.1 cm³/mol. The summed E-state index contributed by atoms with van der Waals surface area (Å²) in [4.78, 5) is 8.99. The molecule has 0 fully saturated rings. The molecule has 0 saturated heterocycles. The molecule has 96 valence electrons. The van der Waals surface area contributed by atoms with Gasteiger partial charge in [-0.2, -0.15) is 4.98 Å². The quantitative estimate of drug-likeness (QED) is 0.791. The molecular weight excluding hydrogens is 266 g/mol. The van der Waals surface area contributed by atoms with Crippen LogP contribution in [0.2, 0.25) is 0 Å². The zero-order valence-corrected chi connectivity index (χ0v) is 10.7. The van der Waals surface area contributed by atoms with Crippen LogP contribution in [0, 0.1) is 0 Å². The van der Waals surface area contributed by atoms with E-state index in [1.165, 1.54) is 24.5 Å². The SMILES string of the molecule is COc1ccc(-c2nc(-c3cncs3)no2)c(O)c1. The highest BCUT2D eigenvalue weighted by atomic mass is 32.1. The normalized spacial score (nSPS) is 10.6. The molecule has 0 bridgehead atoms. The maximum Gasteiger partial charge on any atom is 0.262 e. The number of phenols is 1. The summed E-state index contributed by atoms with van der Waals surface area (Å²) >= 11 is 1.42. The van der Waals surface area contributed by atoms with Gasteiger partial charge in [-0.25, -0.2) is 0 Å². The molecule has 0 aliphatic heterocycles. The van der Waals surface area contributed by atoms with E-state index in [-0.39, 0.29) is 11.6 Å². The summed E-state index contributed by atoms with van der Waals surface area (Å²) in [5.74, 6) is 1.29. The van der Waals surface area contributed by atoms with Gasteiger partial charge >= 0.3 is 0 Å². The first-order valence-corrected chi connectivity index (χ1v) is 6.26. The molecule has 0 aliphatic rings. The monoisotopic (exact) mass is 275 g/mol. The van der Waals surface area contributed by atoms with Crippen LogP contribution in [0.5, 0.6) is 11.5 Å².